The maximum atomic E-state index is 12.3. The summed E-state index contributed by atoms with van der Waals surface area (Å²) >= 11 is 0. The highest BCUT2D eigenvalue weighted by atomic mass is 16.5. The fraction of sp³-hybridized carbons (Fsp3) is 0.500. The van der Waals surface area contributed by atoms with Gasteiger partial charge in [-0.15, -0.1) is 0 Å². The number of carbonyl (C=O) groups is 1. The molecule has 1 heterocycles. The first-order valence-corrected chi connectivity index (χ1v) is 8.91. The standard InChI is InChI=1S/C20H29N3O3/c1-14(2)16(17-10-11-22-23(17)3)13-21-20(24)9-7-15-6-8-18(25-4)19(12-15)26-5/h6,8,10-12,14,16H,7,9,13H2,1-5H3,(H,21,24)/t16-/m0/s1. The Bertz CT molecular complexity index is 725. The zero-order valence-electron chi connectivity index (χ0n) is 16.3. The molecule has 6 heteroatoms. The third-order valence-electron chi connectivity index (χ3n) is 4.65. The second-order valence-corrected chi connectivity index (χ2v) is 6.72. The SMILES string of the molecule is COc1ccc(CCC(=O)NC[C@H](c2ccnn2C)C(C)C)cc1OC. The topological polar surface area (TPSA) is 65.4 Å². The molecule has 1 atom stereocenters. The number of aryl methyl sites for hydroxylation is 2. The van der Waals surface area contributed by atoms with Crippen molar-refractivity contribution in [3.8, 4) is 11.5 Å². The molecule has 0 unspecified atom stereocenters. The van der Waals surface area contributed by atoms with Crippen molar-refractivity contribution in [2.45, 2.75) is 32.6 Å². The summed E-state index contributed by atoms with van der Waals surface area (Å²) in [5.74, 6) is 2.08. The van der Waals surface area contributed by atoms with Crippen LogP contribution >= 0.6 is 0 Å². The molecule has 0 spiro atoms. The molecule has 0 aliphatic heterocycles. The highest BCUT2D eigenvalue weighted by Crippen LogP contribution is 2.28. The molecular formula is C20H29N3O3. The quantitative estimate of drug-likeness (QED) is 0.748. The number of aromatic nitrogens is 2. The number of hydrogen-bond acceptors (Lipinski definition) is 4. The molecule has 0 saturated heterocycles. The second-order valence-electron chi connectivity index (χ2n) is 6.72. The summed E-state index contributed by atoms with van der Waals surface area (Å²) in [5, 5.41) is 7.30. The normalized spacial score (nSPS) is 12.1. The van der Waals surface area contributed by atoms with E-state index in [4.69, 9.17) is 9.47 Å². The van der Waals surface area contributed by atoms with E-state index in [-0.39, 0.29) is 11.8 Å². The van der Waals surface area contributed by atoms with Gasteiger partial charge in [0, 0.05) is 37.8 Å². The Morgan fingerprint density at radius 3 is 2.50 bits per heavy atom. The summed E-state index contributed by atoms with van der Waals surface area (Å²) in [6.45, 7) is 4.93. The van der Waals surface area contributed by atoms with E-state index in [0.717, 1.165) is 11.3 Å². The van der Waals surface area contributed by atoms with E-state index in [0.29, 0.717) is 36.8 Å². The lowest BCUT2D eigenvalue weighted by molar-refractivity contribution is -0.121. The largest absolute Gasteiger partial charge is 0.493 e. The van der Waals surface area contributed by atoms with Crippen LogP contribution in [-0.2, 0) is 18.3 Å². The summed E-state index contributed by atoms with van der Waals surface area (Å²) in [7, 11) is 5.15. The van der Waals surface area contributed by atoms with Gasteiger partial charge in [0.05, 0.1) is 14.2 Å². The first kappa shape index (κ1) is 19.8. The minimum Gasteiger partial charge on any atom is -0.493 e. The molecular weight excluding hydrogens is 330 g/mol. The number of carbonyl (C=O) groups excluding carboxylic acids is 1. The molecule has 0 aliphatic rings. The Hall–Kier alpha value is -2.50. The fourth-order valence-corrected chi connectivity index (χ4v) is 3.04. The molecule has 0 saturated carbocycles. The van der Waals surface area contributed by atoms with Crippen molar-refractivity contribution in [1.29, 1.82) is 0 Å². The van der Waals surface area contributed by atoms with Gasteiger partial charge in [-0.1, -0.05) is 19.9 Å². The molecule has 142 valence electrons. The second kappa shape index (κ2) is 9.27. The van der Waals surface area contributed by atoms with Gasteiger partial charge in [-0.2, -0.15) is 5.10 Å². The number of nitrogens with one attached hydrogen (secondary N) is 1. The van der Waals surface area contributed by atoms with E-state index in [2.05, 4.69) is 24.3 Å². The van der Waals surface area contributed by atoms with E-state index in [1.54, 1.807) is 20.4 Å². The average Bonchev–Trinajstić information content (AvgIpc) is 3.05. The van der Waals surface area contributed by atoms with Crippen molar-refractivity contribution in [3.63, 3.8) is 0 Å². The maximum absolute atomic E-state index is 12.3. The molecule has 1 N–H and O–H groups in total. The summed E-state index contributed by atoms with van der Waals surface area (Å²) < 4.78 is 12.4. The number of ether oxygens (including phenoxy) is 2. The van der Waals surface area contributed by atoms with Crippen LogP contribution in [0.3, 0.4) is 0 Å². The number of benzene rings is 1. The summed E-state index contributed by atoms with van der Waals surface area (Å²) in [5.41, 5.74) is 2.19. The van der Waals surface area contributed by atoms with Gasteiger partial charge in [0.15, 0.2) is 11.5 Å². The third-order valence-corrected chi connectivity index (χ3v) is 4.65. The van der Waals surface area contributed by atoms with E-state index in [9.17, 15) is 4.79 Å². The molecule has 0 aliphatic carbocycles. The summed E-state index contributed by atoms with van der Waals surface area (Å²) in [6, 6.07) is 7.75. The van der Waals surface area contributed by atoms with Crippen LogP contribution in [0.4, 0.5) is 0 Å². The van der Waals surface area contributed by atoms with Crippen LogP contribution in [-0.4, -0.2) is 36.5 Å². The Morgan fingerprint density at radius 1 is 1.19 bits per heavy atom. The number of hydrogen-bond donors (Lipinski definition) is 1. The Balaban J connectivity index is 1.89. The van der Waals surface area contributed by atoms with Gasteiger partial charge in [-0.3, -0.25) is 9.48 Å². The zero-order valence-corrected chi connectivity index (χ0v) is 16.3. The first-order chi connectivity index (χ1) is 12.5. The number of methoxy groups -OCH3 is 2. The van der Waals surface area contributed by atoms with Crippen molar-refractivity contribution in [3.05, 3.63) is 41.7 Å². The van der Waals surface area contributed by atoms with Crippen molar-refractivity contribution < 1.29 is 14.3 Å². The molecule has 2 aromatic rings. The van der Waals surface area contributed by atoms with Crippen molar-refractivity contribution in [2.24, 2.45) is 13.0 Å². The van der Waals surface area contributed by atoms with Crippen LogP contribution in [0.2, 0.25) is 0 Å². The maximum Gasteiger partial charge on any atom is 0.220 e. The van der Waals surface area contributed by atoms with E-state index >= 15 is 0 Å². The number of nitrogens with zero attached hydrogens (tertiary/aromatic N) is 2. The lowest BCUT2D eigenvalue weighted by Gasteiger charge is -2.21. The van der Waals surface area contributed by atoms with Crippen LogP contribution in [0.1, 0.15) is 37.4 Å². The highest BCUT2D eigenvalue weighted by molar-refractivity contribution is 5.76. The monoisotopic (exact) mass is 359 g/mol. The minimum absolute atomic E-state index is 0.0487. The van der Waals surface area contributed by atoms with Crippen LogP contribution in [0.15, 0.2) is 30.5 Å². The Kier molecular flexibility index (Phi) is 7.06. The van der Waals surface area contributed by atoms with Crippen LogP contribution < -0.4 is 14.8 Å². The minimum atomic E-state index is 0.0487. The average molecular weight is 359 g/mol. The molecule has 2 rings (SSSR count). The van der Waals surface area contributed by atoms with E-state index in [1.165, 1.54) is 0 Å². The predicted molar refractivity (Wildman–Crippen MR) is 102 cm³/mol. The number of amides is 1. The van der Waals surface area contributed by atoms with Gasteiger partial charge < -0.3 is 14.8 Å². The molecule has 0 bridgehead atoms. The molecule has 0 fully saturated rings. The zero-order chi connectivity index (χ0) is 19.1. The van der Waals surface area contributed by atoms with Gasteiger partial charge in [0.2, 0.25) is 5.91 Å². The third kappa shape index (κ3) is 5.00. The summed E-state index contributed by atoms with van der Waals surface area (Å²) in [4.78, 5) is 12.3. The van der Waals surface area contributed by atoms with Crippen LogP contribution in [0, 0.1) is 5.92 Å². The van der Waals surface area contributed by atoms with Crippen molar-refractivity contribution in [1.82, 2.24) is 15.1 Å². The van der Waals surface area contributed by atoms with Crippen LogP contribution in [0.5, 0.6) is 11.5 Å². The molecule has 1 aromatic heterocycles. The molecule has 1 aromatic carbocycles. The Labute approximate surface area is 155 Å². The lowest BCUT2D eigenvalue weighted by atomic mass is 9.92. The van der Waals surface area contributed by atoms with Crippen LogP contribution in [0.25, 0.3) is 0 Å². The fourth-order valence-electron chi connectivity index (χ4n) is 3.04. The smallest absolute Gasteiger partial charge is 0.220 e. The van der Waals surface area contributed by atoms with Gasteiger partial charge in [-0.25, -0.2) is 0 Å². The molecule has 6 nitrogen and oxygen atoms in total. The molecule has 1 amide bonds. The predicted octanol–water partition coefficient (Wildman–Crippen LogP) is 2.93. The lowest BCUT2D eigenvalue weighted by Crippen LogP contribution is -2.31. The van der Waals surface area contributed by atoms with Gasteiger partial charge in [0.25, 0.3) is 0 Å². The first-order valence-electron chi connectivity index (χ1n) is 8.91. The van der Waals surface area contributed by atoms with Gasteiger partial charge in [0.1, 0.15) is 0 Å². The molecule has 26 heavy (non-hydrogen) atoms. The van der Waals surface area contributed by atoms with Gasteiger partial charge >= 0.3 is 0 Å². The van der Waals surface area contributed by atoms with E-state index in [1.807, 2.05) is 36.0 Å². The van der Waals surface area contributed by atoms with Gasteiger partial charge in [-0.05, 0) is 36.1 Å². The Morgan fingerprint density at radius 2 is 1.92 bits per heavy atom. The molecule has 0 radical (unpaired) electrons. The van der Waals surface area contributed by atoms with E-state index < -0.39 is 0 Å². The highest BCUT2D eigenvalue weighted by Gasteiger charge is 2.19. The number of rotatable bonds is 9. The van der Waals surface area contributed by atoms with Crippen molar-refractivity contribution in [2.75, 3.05) is 20.8 Å². The summed E-state index contributed by atoms with van der Waals surface area (Å²) in [6.07, 6.45) is 2.89. The van der Waals surface area contributed by atoms with Crippen molar-refractivity contribution >= 4 is 5.91 Å².